The number of nitrogens with zero attached hydrogens (tertiary/aromatic N) is 2. The molecule has 6 nitrogen and oxygen atoms in total. The molecule has 0 saturated carbocycles. The monoisotopic (exact) mass is 431 g/mol. The van der Waals surface area contributed by atoms with Gasteiger partial charge in [0.05, 0.1) is 12.1 Å². The summed E-state index contributed by atoms with van der Waals surface area (Å²) < 4.78 is 1.70. The van der Waals surface area contributed by atoms with Crippen molar-refractivity contribution >= 4 is 35.0 Å². The number of Topliss-reactive ketones (excluding diaryl/α,β-unsaturated/α-hetero) is 1. The van der Waals surface area contributed by atoms with Crippen LogP contribution in [0.15, 0.2) is 35.1 Å². The molecule has 2 fully saturated rings. The van der Waals surface area contributed by atoms with E-state index < -0.39 is 0 Å². The second-order valence-electron chi connectivity index (χ2n) is 8.79. The van der Waals surface area contributed by atoms with Gasteiger partial charge in [-0.05, 0) is 64.0 Å². The number of nitrogens with one attached hydrogen (secondary N) is 1. The van der Waals surface area contributed by atoms with Crippen LogP contribution in [0.4, 0.5) is 0 Å². The molecular weight excluding hydrogens is 402 g/mol. The third-order valence-corrected chi connectivity index (χ3v) is 6.33. The van der Waals surface area contributed by atoms with Crippen LogP contribution < -0.4 is 10.9 Å². The number of halogens is 1. The Morgan fingerprint density at radius 3 is 2.37 bits per heavy atom. The van der Waals surface area contributed by atoms with Crippen LogP contribution in [0.25, 0.3) is 10.9 Å². The number of amides is 1. The summed E-state index contributed by atoms with van der Waals surface area (Å²) in [6.45, 7) is 6.04. The Morgan fingerprint density at radius 1 is 1.13 bits per heavy atom. The minimum atomic E-state index is -0.292. The minimum absolute atomic E-state index is 0. The molecule has 1 aromatic carbocycles. The van der Waals surface area contributed by atoms with Gasteiger partial charge < -0.3 is 9.88 Å². The molecule has 2 aliphatic rings. The van der Waals surface area contributed by atoms with Crippen molar-refractivity contribution in [3.63, 3.8) is 0 Å². The van der Waals surface area contributed by atoms with Gasteiger partial charge in [-0.2, -0.15) is 0 Å². The summed E-state index contributed by atoms with van der Waals surface area (Å²) in [6, 6.07) is 10.1. The van der Waals surface area contributed by atoms with Crippen molar-refractivity contribution in [1.82, 2.24) is 14.8 Å². The van der Waals surface area contributed by atoms with Gasteiger partial charge in [-0.3, -0.25) is 19.3 Å². The number of benzene rings is 1. The summed E-state index contributed by atoms with van der Waals surface area (Å²) in [5.41, 5.74) is 0.809. The van der Waals surface area contributed by atoms with Crippen LogP contribution in [-0.2, 0) is 4.79 Å². The quantitative estimate of drug-likeness (QED) is 0.788. The highest BCUT2D eigenvalue weighted by molar-refractivity contribution is 5.97. The second-order valence-corrected chi connectivity index (χ2v) is 8.79. The zero-order chi connectivity index (χ0) is 20.7. The topological polar surface area (TPSA) is 71.4 Å². The van der Waals surface area contributed by atoms with Crippen LogP contribution in [0, 0.1) is 0 Å². The number of ketones is 1. The van der Waals surface area contributed by atoms with Gasteiger partial charge in [-0.1, -0.05) is 18.2 Å². The fourth-order valence-electron chi connectivity index (χ4n) is 5.13. The standard InChI is InChI=1S/C23H29N3O3.ClH/c1-14(2)26-21-7-5-4-6-16(21)10-20(23(26)29)22(28)24-17-11-18-8-9-19(12-17)25(18)13-15(3)27;/h4-7,10,14,17-19H,8-9,11-13H2,1-3H3,(H,24,28);1H. The molecule has 7 heteroatoms. The SMILES string of the molecule is CC(=O)CN1C2CCC1CC(NC(=O)c1cc3ccccc3n(C(C)C)c1=O)C2.Cl. The zero-order valence-corrected chi connectivity index (χ0v) is 18.6. The highest BCUT2D eigenvalue weighted by Crippen LogP contribution is 2.35. The maximum atomic E-state index is 13.1. The van der Waals surface area contributed by atoms with Crippen molar-refractivity contribution in [2.45, 2.75) is 70.6 Å². The lowest BCUT2D eigenvalue weighted by Gasteiger charge is -2.38. The number of aromatic nitrogens is 1. The smallest absolute Gasteiger partial charge is 0.264 e. The molecule has 1 N–H and O–H groups in total. The number of rotatable bonds is 5. The number of hydrogen-bond acceptors (Lipinski definition) is 4. The van der Waals surface area contributed by atoms with Crippen LogP contribution in [-0.4, -0.2) is 45.8 Å². The second kappa shape index (κ2) is 8.90. The lowest BCUT2D eigenvalue weighted by molar-refractivity contribution is -0.119. The van der Waals surface area contributed by atoms with Gasteiger partial charge >= 0.3 is 0 Å². The van der Waals surface area contributed by atoms with Crippen LogP contribution in [0.1, 0.15) is 62.9 Å². The average molecular weight is 432 g/mol. The predicted octanol–water partition coefficient (Wildman–Crippen LogP) is 3.32. The van der Waals surface area contributed by atoms with E-state index in [1.54, 1.807) is 17.6 Å². The Bertz CT molecular complexity index is 1000. The first-order valence-corrected chi connectivity index (χ1v) is 10.6. The number of piperidine rings is 1. The van der Waals surface area contributed by atoms with E-state index in [2.05, 4.69) is 10.2 Å². The summed E-state index contributed by atoms with van der Waals surface area (Å²) in [5.74, 6) is -0.102. The number of fused-ring (bicyclic) bond motifs is 3. The highest BCUT2D eigenvalue weighted by atomic mass is 35.5. The normalized spacial score (nSPS) is 23.4. The van der Waals surface area contributed by atoms with E-state index in [4.69, 9.17) is 0 Å². The van der Waals surface area contributed by atoms with Gasteiger partial charge in [0.2, 0.25) is 0 Å². The number of carbonyl (C=O) groups is 2. The van der Waals surface area contributed by atoms with E-state index >= 15 is 0 Å². The van der Waals surface area contributed by atoms with Crippen molar-refractivity contribution in [3.8, 4) is 0 Å². The fourth-order valence-corrected chi connectivity index (χ4v) is 5.13. The molecule has 0 spiro atoms. The first-order valence-electron chi connectivity index (χ1n) is 10.6. The molecule has 1 aromatic heterocycles. The molecule has 2 aliphatic heterocycles. The summed E-state index contributed by atoms with van der Waals surface area (Å²) in [5, 5.41) is 4.01. The van der Waals surface area contributed by atoms with E-state index in [0.717, 1.165) is 36.6 Å². The lowest BCUT2D eigenvalue weighted by atomic mass is 9.96. The largest absolute Gasteiger partial charge is 0.349 e. The molecule has 2 bridgehead atoms. The number of carbonyl (C=O) groups excluding carboxylic acids is 2. The van der Waals surface area contributed by atoms with E-state index in [-0.39, 0.29) is 47.3 Å². The molecule has 2 atom stereocenters. The Morgan fingerprint density at radius 2 is 1.77 bits per heavy atom. The van der Waals surface area contributed by atoms with Crippen molar-refractivity contribution in [2.75, 3.05) is 6.54 Å². The molecule has 0 aliphatic carbocycles. The van der Waals surface area contributed by atoms with Crippen molar-refractivity contribution in [2.24, 2.45) is 0 Å². The van der Waals surface area contributed by atoms with E-state index in [0.29, 0.717) is 18.6 Å². The molecule has 2 saturated heterocycles. The van der Waals surface area contributed by atoms with Crippen molar-refractivity contribution in [1.29, 1.82) is 0 Å². The van der Waals surface area contributed by atoms with Crippen LogP contribution >= 0.6 is 12.4 Å². The van der Waals surface area contributed by atoms with E-state index in [1.165, 1.54) is 0 Å². The maximum absolute atomic E-state index is 13.1. The summed E-state index contributed by atoms with van der Waals surface area (Å²) in [4.78, 5) is 40.0. The third kappa shape index (κ3) is 4.16. The van der Waals surface area contributed by atoms with E-state index in [9.17, 15) is 14.4 Å². The summed E-state index contributed by atoms with van der Waals surface area (Å²) >= 11 is 0. The molecule has 3 heterocycles. The Hall–Kier alpha value is -2.18. The van der Waals surface area contributed by atoms with Gasteiger partial charge in [0, 0.05) is 24.2 Å². The van der Waals surface area contributed by atoms with Crippen LogP contribution in [0.2, 0.25) is 0 Å². The summed E-state index contributed by atoms with van der Waals surface area (Å²) in [7, 11) is 0. The first-order chi connectivity index (χ1) is 13.8. The maximum Gasteiger partial charge on any atom is 0.264 e. The molecule has 30 heavy (non-hydrogen) atoms. The zero-order valence-electron chi connectivity index (χ0n) is 17.8. The Labute approximate surface area is 183 Å². The molecule has 162 valence electrons. The van der Waals surface area contributed by atoms with Crippen molar-refractivity contribution < 1.29 is 9.59 Å². The summed E-state index contributed by atoms with van der Waals surface area (Å²) in [6.07, 6.45) is 3.81. The van der Waals surface area contributed by atoms with Crippen LogP contribution in [0.3, 0.4) is 0 Å². The highest BCUT2D eigenvalue weighted by Gasteiger charge is 2.41. The third-order valence-electron chi connectivity index (χ3n) is 6.33. The fraction of sp³-hybridized carbons (Fsp3) is 0.522. The molecule has 1 amide bonds. The van der Waals surface area contributed by atoms with Gasteiger partial charge in [-0.15, -0.1) is 12.4 Å². The van der Waals surface area contributed by atoms with Gasteiger partial charge in [0.15, 0.2) is 0 Å². The molecule has 4 rings (SSSR count). The molecule has 2 aromatic rings. The lowest BCUT2D eigenvalue weighted by Crippen LogP contribution is -2.52. The molecule has 2 unspecified atom stereocenters. The van der Waals surface area contributed by atoms with Crippen LogP contribution in [0.5, 0.6) is 0 Å². The van der Waals surface area contributed by atoms with Crippen molar-refractivity contribution in [3.05, 3.63) is 46.2 Å². The van der Waals surface area contributed by atoms with Gasteiger partial charge in [0.25, 0.3) is 11.5 Å². The Balaban J connectivity index is 0.00000256. The number of para-hydroxylation sites is 1. The van der Waals surface area contributed by atoms with E-state index in [1.807, 2.05) is 38.1 Å². The number of hydrogen-bond donors (Lipinski definition) is 1. The van der Waals surface area contributed by atoms with Gasteiger partial charge in [-0.25, -0.2) is 0 Å². The molecular formula is C23H30ClN3O3. The predicted molar refractivity (Wildman–Crippen MR) is 121 cm³/mol. The molecule has 0 radical (unpaired) electrons. The van der Waals surface area contributed by atoms with Gasteiger partial charge in [0.1, 0.15) is 11.3 Å². The number of pyridine rings is 1. The average Bonchev–Trinajstić information content (AvgIpc) is 2.88. The Kier molecular flexibility index (Phi) is 6.68. The minimum Gasteiger partial charge on any atom is -0.349 e. The first kappa shape index (κ1) is 22.5.